The fraction of sp³-hybridized carbons (Fsp3) is 0. The predicted molar refractivity (Wildman–Crippen MR) is 305 cm³/mol. The van der Waals surface area contributed by atoms with Crippen LogP contribution in [0.15, 0.2) is 267 Å². The maximum atomic E-state index is 2.41. The van der Waals surface area contributed by atoms with Crippen molar-refractivity contribution >= 4 is 91.9 Å². The second-order valence-corrected chi connectivity index (χ2v) is 19.5. The van der Waals surface area contributed by atoms with E-state index in [0.29, 0.717) is 0 Å². The molecule has 0 unspecified atom stereocenters. The average molecular weight is 921 g/mol. The summed E-state index contributed by atoms with van der Waals surface area (Å²) in [7, 11) is 0. The summed E-state index contributed by atoms with van der Waals surface area (Å²) in [5, 5.41) is 10.1. The highest BCUT2D eigenvalue weighted by Gasteiger charge is 2.19. The third-order valence-corrected chi connectivity index (χ3v) is 15.5. The maximum absolute atomic E-state index is 2.41. The average Bonchev–Trinajstić information content (AvgIpc) is 3.99. The van der Waals surface area contributed by atoms with Gasteiger partial charge >= 0.3 is 0 Å². The van der Waals surface area contributed by atoms with Gasteiger partial charge in [-0.15, -0.1) is 11.3 Å². The van der Waals surface area contributed by atoms with Crippen molar-refractivity contribution in [3.63, 3.8) is 0 Å². The van der Waals surface area contributed by atoms with Crippen LogP contribution in [0, 0.1) is 0 Å². The molecule has 0 atom stereocenters. The van der Waals surface area contributed by atoms with Crippen molar-refractivity contribution < 1.29 is 0 Å². The number of para-hydroxylation sites is 4. The molecule has 0 radical (unpaired) electrons. The largest absolute Gasteiger partial charge is 0.310 e. The Labute approximate surface area is 416 Å². The van der Waals surface area contributed by atoms with Crippen molar-refractivity contribution in [1.82, 2.24) is 4.57 Å². The summed E-state index contributed by atoms with van der Waals surface area (Å²) in [4.78, 5) is 2.38. The normalized spacial score (nSPS) is 11.7. The molecule has 14 rings (SSSR count). The van der Waals surface area contributed by atoms with Gasteiger partial charge in [-0.05, 0) is 163 Å². The molecule has 0 aliphatic rings. The summed E-state index contributed by atoms with van der Waals surface area (Å²) in [6.45, 7) is 0. The van der Waals surface area contributed by atoms with E-state index in [2.05, 4.69) is 276 Å². The fourth-order valence-corrected chi connectivity index (χ4v) is 12.2. The molecule has 0 aliphatic heterocycles. The molecule has 0 aliphatic carbocycles. The molecule has 0 N–H and O–H groups in total. The number of nitrogens with zero attached hydrogens (tertiary/aromatic N) is 2. The number of anilines is 3. The van der Waals surface area contributed by atoms with Crippen LogP contribution in [0.4, 0.5) is 17.1 Å². The van der Waals surface area contributed by atoms with Gasteiger partial charge in [0.15, 0.2) is 0 Å². The lowest BCUT2D eigenvalue weighted by atomic mass is 9.90. The Morgan fingerprint density at radius 2 is 0.817 bits per heavy atom. The molecule has 0 saturated carbocycles. The zero-order valence-electron chi connectivity index (χ0n) is 38.7. The van der Waals surface area contributed by atoms with Crippen molar-refractivity contribution in [2.24, 2.45) is 0 Å². The van der Waals surface area contributed by atoms with Crippen LogP contribution in [0.1, 0.15) is 0 Å². The van der Waals surface area contributed by atoms with Crippen molar-refractivity contribution in [1.29, 1.82) is 0 Å². The van der Waals surface area contributed by atoms with E-state index in [9.17, 15) is 0 Å². The first-order valence-electron chi connectivity index (χ1n) is 24.3. The first-order chi connectivity index (χ1) is 35.2. The lowest BCUT2D eigenvalue weighted by Crippen LogP contribution is -2.10. The minimum atomic E-state index is 1.09. The van der Waals surface area contributed by atoms with Crippen molar-refractivity contribution in [2.75, 3.05) is 4.90 Å². The fourth-order valence-electron chi connectivity index (χ4n) is 10.9. The van der Waals surface area contributed by atoms with Gasteiger partial charge in [0, 0.05) is 53.7 Å². The van der Waals surface area contributed by atoms with E-state index in [1.807, 2.05) is 11.3 Å². The van der Waals surface area contributed by atoms with Gasteiger partial charge in [0.25, 0.3) is 0 Å². The lowest BCUT2D eigenvalue weighted by molar-refractivity contribution is 1.18. The number of benzene rings is 12. The van der Waals surface area contributed by atoms with Crippen molar-refractivity contribution in [3.05, 3.63) is 267 Å². The van der Waals surface area contributed by atoms with Gasteiger partial charge in [0.1, 0.15) is 0 Å². The zero-order chi connectivity index (χ0) is 46.8. The Morgan fingerprint density at radius 3 is 1.56 bits per heavy atom. The highest BCUT2D eigenvalue weighted by atomic mass is 32.1. The van der Waals surface area contributed by atoms with Crippen LogP contribution in [-0.4, -0.2) is 4.57 Å². The first-order valence-corrected chi connectivity index (χ1v) is 25.1. The standard InChI is InChI=1S/C68H44N2S/c1-4-17-54(18-5-1)69(55-19-6-2-7-20-55)57-41-52(40-53(42-57)59-24-13-12-23-58(59)51-34-37-67-64(44-51)62-35-32-45-16-10-11-25-60(45)68(62)71-67)49-31-30-46-38-48(29-28-47(46)39-49)50-33-36-66-63(43-50)61-26-14-15-27-65(61)70(66)56-21-8-3-9-22-56/h1-44H. The van der Waals surface area contributed by atoms with Gasteiger partial charge < -0.3 is 9.47 Å². The van der Waals surface area contributed by atoms with E-state index in [0.717, 1.165) is 28.2 Å². The minimum absolute atomic E-state index is 1.09. The van der Waals surface area contributed by atoms with Gasteiger partial charge in [0.05, 0.1) is 11.0 Å². The van der Waals surface area contributed by atoms with Crippen molar-refractivity contribution in [2.45, 2.75) is 0 Å². The molecular formula is C68H44N2S. The molecule has 0 fully saturated rings. The highest BCUT2D eigenvalue weighted by Crippen LogP contribution is 2.45. The minimum Gasteiger partial charge on any atom is -0.310 e. The smallest absolute Gasteiger partial charge is 0.0541 e. The van der Waals surface area contributed by atoms with Crippen LogP contribution in [0.2, 0.25) is 0 Å². The van der Waals surface area contributed by atoms with E-state index in [1.165, 1.54) is 103 Å². The molecule has 2 heterocycles. The maximum Gasteiger partial charge on any atom is 0.0541 e. The number of rotatable bonds is 8. The molecule has 14 aromatic rings. The second kappa shape index (κ2) is 16.9. The topological polar surface area (TPSA) is 8.17 Å². The van der Waals surface area contributed by atoms with Crippen LogP contribution in [0.5, 0.6) is 0 Å². The van der Waals surface area contributed by atoms with E-state index in [-0.39, 0.29) is 0 Å². The molecule has 71 heavy (non-hydrogen) atoms. The Kier molecular flexibility index (Phi) is 9.75. The Bertz CT molecular complexity index is 4300. The quantitative estimate of drug-likeness (QED) is 0.147. The van der Waals surface area contributed by atoms with Gasteiger partial charge in [0.2, 0.25) is 0 Å². The van der Waals surface area contributed by atoms with Crippen LogP contribution in [0.3, 0.4) is 0 Å². The monoisotopic (exact) mass is 920 g/mol. The van der Waals surface area contributed by atoms with Crippen LogP contribution in [-0.2, 0) is 0 Å². The molecule has 2 aromatic heterocycles. The number of fused-ring (bicyclic) bond motifs is 9. The molecule has 0 spiro atoms. The van der Waals surface area contributed by atoms with Gasteiger partial charge in [-0.1, -0.05) is 170 Å². The first kappa shape index (κ1) is 41.0. The number of thiophene rings is 1. The molecule has 332 valence electrons. The number of hydrogen-bond donors (Lipinski definition) is 0. The number of aromatic nitrogens is 1. The molecule has 2 nitrogen and oxygen atoms in total. The van der Waals surface area contributed by atoms with E-state index < -0.39 is 0 Å². The second-order valence-electron chi connectivity index (χ2n) is 18.5. The van der Waals surface area contributed by atoms with Gasteiger partial charge in [-0.25, -0.2) is 0 Å². The lowest BCUT2D eigenvalue weighted by Gasteiger charge is -2.27. The summed E-state index contributed by atoms with van der Waals surface area (Å²) in [5.74, 6) is 0. The van der Waals surface area contributed by atoms with Crippen LogP contribution >= 0.6 is 11.3 Å². The molecule has 12 aromatic carbocycles. The molecule has 0 saturated heterocycles. The third-order valence-electron chi connectivity index (χ3n) is 14.3. The molecule has 0 amide bonds. The van der Waals surface area contributed by atoms with Crippen LogP contribution in [0.25, 0.3) is 114 Å². The van der Waals surface area contributed by atoms with Gasteiger partial charge in [-0.2, -0.15) is 0 Å². The Morgan fingerprint density at radius 1 is 0.282 bits per heavy atom. The van der Waals surface area contributed by atoms with E-state index >= 15 is 0 Å². The Balaban J connectivity index is 0.900. The van der Waals surface area contributed by atoms with Crippen molar-refractivity contribution in [3.8, 4) is 50.2 Å². The van der Waals surface area contributed by atoms with E-state index in [4.69, 9.17) is 0 Å². The van der Waals surface area contributed by atoms with E-state index in [1.54, 1.807) is 0 Å². The molecule has 3 heteroatoms. The summed E-state index contributed by atoms with van der Waals surface area (Å²) in [6.07, 6.45) is 0. The zero-order valence-corrected chi connectivity index (χ0v) is 39.5. The summed E-state index contributed by atoms with van der Waals surface area (Å²) < 4.78 is 5.03. The van der Waals surface area contributed by atoms with Crippen LogP contribution < -0.4 is 4.90 Å². The summed E-state index contributed by atoms with van der Waals surface area (Å²) in [5.41, 5.74) is 16.4. The third kappa shape index (κ3) is 7.09. The molecular weight excluding hydrogens is 877 g/mol. The summed E-state index contributed by atoms with van der Waals surface area (Å²) >= 11 is 1.89. The number of hydrogen-bond acceptors (Lipinski definition) is 2. The SMILES string of the molecule is c1ccc(N(c2ccccc2)c2cc(-c3ccc4cc(-c5ccc6c(c5)c5ccccc5n6-c5ccccc5)ccc4c3)cc(-c3ccccc3-c3ccc4sc5c6ccccc6ccc5c4c3)c2)cc1. The highest BCUT2D eigenvalue weighted by molar-refractivity contribution is 7.26. The summed E-state index contributed by atoms with van der Waals surface area (Å²) in [6, 6.07) is 98.0. The predicted octanol–water partition coefficient (Wildman–Crippen LogP) is 19.6. The molecule has 0 bridgehead atoms. The Hall–Kier alpha value is -9.02. The van der Waals surface area contributed by atoms with Gasteiger partial charge in [-0.3, -0.25) is 0 Å².